The maximum absolute atomic E-state index is 13.8. The van der Waals surface area contributed by atoms with Gasteiger partial charge in [0.15, 0.2) is 0 Å². The van der Waals surface area contributed by atoms with Crippen LogP contribution in [0.15, 0.2) is 48.5 Å². The van der Waals surface area contributed by atoms with Crippen LogP contribution in [0.5, 0.6) is 0 Å². The number of aromatic nitrogens is 2. The first-order valence-electron chi connectivity index (χ1n) is 11.0. The molecule has 0 radical (unpaired) electrons. The SMILES string of the molecule is Cc1cc(F)ccc1-c1nc(C(C)C)n(/C=C/C(O)CC(O)CC(=O)O)c1-c1ccc(F)cc1. The van der Waals surface area contributed by atoms with Gasteiger partial charge in [0.1, 0.15) is 17.5 Å². The molecule has 3 rings (SSSR count). The van der Waals surface area contributed by atoms with Crippen molar-refractivity contribution in [2.75, 3.05) is 0 Å². The van der Waals surface area contributed by atoms with E-state index in [-0.39, 0.29) is 18.2 Å². The number of carboxylic acids is 1. The van der Waals surface area contributed by atoms with E-state index in [9.17, 15) is 23.8 Å². The molecule has 3 N–H and O–H groups in total. The molecular formula is C26H28F2N2O4. The van der Waals surface area contributed by atoms with E-state index in [0.29, 0.717) is 33.9 Å². The Morgan fingerprint density at radius 2 is 1.74 bits per heavy atom. The predicted octanol–water partition coefficient (Wildman–Crippen LogP) is 4.98. The summed E-state index contributed by atoms with van der Waals surface area (Å²) in [6.45, 7) is 5.69. The van der Waals surface area contributed by atoms with Gasteiger partial charge >= 0.3 is 5.97 Å². The lowest BCUT2D eigenvalue weighted by Crippen LogP contribution is -2.19. The molecule has 0 bridgehead atoms. The van der Waals surface area contributed by atoms with Crippen LogP contribution in [0.2, 0.25) is 0 Å². The second-order valence-corrected chi connectivity index (χ2v) is 8.55. The van der Waals surface area contributed by atoms with Gasteiger partial charge in [0.05, 0.1) is 30.0 Å². The van der Waals surface area contributed by atoms with Gasteiger partial charge in [-0.15, -0.1) is 0 Å². The van der Waals surface area contributed by atoms with Gasteiger partial charge in [-0.05, 0) is 61.0 Å². The number of carbonyl (C=O) groups is 1. The minimum absolute atomic E-state index is 0.0342. The number of halogens is 2. The van der Waals surface area contributed by atoms with Crippen LogP contribution in [-0.4, -0.2) is 43.0 Å². The molecule has 3 aromatic rings. The summed E-state index contributed by atoms with van der Waals surface area (Å²) >= 11 is 0. The number of benzene rings is 2. The van der Waals surface area contributed by atoms with E-state index >= 15 is 0 Å². The lowest BCUT2D eigenvalue weighted by atomic mass is 10.0. The molecule has 0 aliphatic carbocycles. The molecule has 0 saturated heterocycles. The van der Waals surface area contributed by atoms with Crippen LogP contribution in [0.1, 0.15) is 44.0 Å². The predicted molar refractivity (Wildman–Crippen MR) is 126 cm³/mol. The lowest BCUT2D eigenvalue weighted by molar-refractivity contribution is -0.139. The van der Waals surface area contributed by atoms with E-state index < -0.39 is 30.4 Å². The zero-order valence-electron chi connectivity index (χ0n) is 19.2. The summed E-state index contributed by atoms with van der Waals surface area (Å²) < 4.78 is 29.2. The molecule has 1 heterocycles. The number of nitrogens with zero attached hydrogens (tertiary/aromatic N) is 2. The quantitative estimate of drug-likeness (QED) is 0.410. The zero-order chi connectivity index (χ0) is 25.0. The molecule has 0 aliphatic heterocycles. The maximum Gasteiger partial charge on any atom is 0.305 e. The van der Waals surface area contributed by atoms with Crippen LogP contribution >= 0.6 is 0 Å². The molecule has 6 nitrogen and oxygen atoms in total. The minimum Gasteiger partial charge on any atom is -0.481 e. The third-order valence-electron chi connectivity index (χ3n) is 5.40. The fourth-order valence-corrected chi connectivity index (χ4v) is 3.80. The minimum atomic E-state index is -1.20. The molecular weight excluding hydrogens is 442 g/mol. The lowest BCUT2D eigenvalue weighted by Gasteiger charge is -2.14. The monoisotopic (exact) mass is 470 g/mol. The Morgan fingerprint density at radius 3 is 2.32 bits per heavy atom. The number of aryl methyl sites for hydroxylation is 1. The Hall–Kier alpha value is -3.36. The molecule has 1 aromatic heterocycles. The molecule has 180 valence electrons. The van der Waals surface area contributed by atoms with Crippen molar-refractivity contribution >= 4 is 12.2 Å². The molecule has 2 unspecified atom stereocenters. The van der Waals surface area contributed by atoms with Gasteiger partial charge in [-0.2, -0.15) is 0 Å². The molecule has 0 aliphatic rings. The number of aliphatic hydroxyl groups excluding tert-OH is 2. The number of hydrogen-bond donors (Lipinski definition) is 3. The molecule has 0 saturated carbocycles. The van der Waals surface area contributed by atoms with Crippen molar-refractivity contribution in [2.24, 2.45) is 0 Å². The van der Waals surface area contributed by atoms with Crippen molar-refractivity contribution in [3.63, 3.8) is 0 Å². The molecule has 0 fully saturated rings. The van der Waals surface area contributed by atoms with E-state index in [0.717, 1.165) is 0 Å². The highest BCUT2D eigenvalue weighted by Gasteiger charge is 2.22. The van der Waals surface area contributed by atoms with Crippen molar-refractivity contribution < 1.29 is 28.9 Å². The summed E-state index contributed by atoms with van der Waals surface area (Å²) in [6, 6.07) is 10.3. The van der Waals surface area contributed by atoms with Crippen LogP contribution in [0.4, 0.5) is 8.78 Å². The van der Waals surface area contributed by atoms with Crippen molar-refractivity contribution in [3.05, 3.63) is 71.6 Å². The number of hydrogen-bond acceptors (Lipinski definition) is 4. The van der Waals surface area contributed by atoms with Gasteiger partial charge in [0, 0.05) is 29.7 Å². The molecule has 2 aromatic carbocycles. The third-order valence-corrected chi connectivity index (χ3v) is 5.40. The highest BCUT2D eigenvalue weighted by molar-refractivity contribution is 5.82. The average Bonchev–Trinajstić information content (AvgIpc) is 3.11. The molecule has 2 atom stereocenters. The van der Waals surface area contributed by atoms with Gasteiger partial charge < -0.3 is 19.9 Å². The first kappa shape index (κ1) is 25.3. The van der Waals surface area contributed by atoms with E-state index in [2.05, 4.69) is 0 Å². The number of imidazole rings is 1. The first-order valence-corrected chi connectivity index (χ1v) is 11.0. The number of carboxylic acid groups (broad SMARTS) is 1. The Bertz CT molecular complexity index is 1190. The van der Waals surface area contributed by atoms with Crippen molar-refractivity contribution in [1.29, 1.82) is 0 Å². The number of rotatable bonds is 9. The second-order valence-electron chi connectivity index (χ2n) is 8.55. The summed E-state index contributed by atoms with van der Waals surface area (Å²) in [5.41, 5.74) is 3.28. The van der Waals surface area contributed by atoms with E-state index in [1.807, 2.05) is 13.8 Å². The largest absolute Gasteiger partial charge is 0.481 e. The van der Waals surface area contributed by atoms with E-state index in [4.69, 9.17) is 10.1 Å². The van der Waals surface area contributed by atoms with Crippen LogP contribution in [0, 0.1) is 18.6 Å². The Kier molecular flexibility index (Phi) is 7.96. The molecule has 34 heavy (non-hydrogen) atoms. The number of aliphatic carboxylic acids is 1. The van der Waals surface area contributed by atoms with Crippen LogP contribution in [0.3, 0.4) is 0 Å². The summed E-state index contributed by atoms with van der Waals surface area (Å²) in [5, 5.41) is 29.0. The summed E-state index contributed by atoms with van der Waals surface area (Å²) in [7, 11) is 0. The van der Waals surface area contributed by atoms with Crippen molar-refractivity contribution in [3.8, 4) is 22.5 Å². The van der Waals surface area contributed by atoms with Crippen molar-refractivity contribution in [1.82, 2.24) is 9.55 Å². The Morgan fingerprint density at radius 1 is 1.09 bits per heavy atom. The number of aliphatic hydroxyl groups is 2. The standard InChI is InChI=1S/C26H28F2N2O4/c1-15(2)26-29-24(22-9-8-19(28)12-16(22)3)25(17-4-6-18(27)7-5-17)30(26)11-10-20(31)13-21(32)14-23(33)34/h4-12,15,20-21,31-32H,13-14H2,1-3H3,(H,33,34)/b11-10+. The summed E-state index contributed by atoms with van der Waals surface area (Å²) in [6.07, 6.45) is 0.147. The van der Waals surface area contributed by atoms with E-state index in [1.165, 1.54) is 30.3 Å². The van der Waals surface area contributed by atoms with Crippen molar-refractivity contribution in [2.45, 2.75) is 51.7 Å². The van der Waals surface area contributed by atoms with Gasteiger partial charge in [0.25, 0.3) is 0 Å². The first-order chi connectivity index (χ1) is 16.1. The summed E-state index contributed by atoms with van der Waals surface area (Å²) in [4.78, 5) is 15.6. The van der Waals surface area contributed by atoms with Gasteiger partial charge in [0.2, 0.25) is 0 Å². The van der Waals surface area contributed by atoms with Gasteiger partial charge in [-0.25, -0.2) is 13.8 Å². The topological polar surface area (TPSA) is 95.6 Å². The smallest absolute Gasteiger partial charge is 0.305 e. The fraction of sp³-hybridized carbons (Fsp3) is 0.308. The Labute approximate surface area is 196 Å². The maximum atomic E-state index is 13.8. The average molecular weight is 471 g/mol. The third kappa shape index (κ3) is 5.95. The fourth-order valence-electron chi connectivity index (χ4n) is 3.80. The van der Waals surface area contributed by atoms with Gasteiger partial charge in [-0.3, -0.25) is 4.79 Å². The Balaban J connectivity index is 2.14. The second kappa shape index (κ2) is 10.7. The molecule has 8 heteroatoms. The van der Waals surface area contributed by atoms with Crippen LogP contribution in [-0.2, 0) is 4.79 Å². The highest BCUT2D eigenvalue weighted by Crippen LogP contribution is 2.37. The van der Waals surface area contributed by atoms with Crippen LogP contribution < -0.4 is 0 Å². The normalized spacial score (nSPS) is 13.5. The summed E-state index contributed by atoms with van der Waals surface area (Å²) in [5.74, 6) is -1.29. The van der Waals surface area contributed by atoms with E-state index in [1.54, 1.807) is 35.9 Å². The molecule has 0 spiro atoms. The van der Waals surface area contributed by atoms with Gasteiger partial charge in [-0.1, -0.05) is 13.8 Å². The van der Waals surface area contributed by atoms with Crippen LogP contribution in [0.25, 0.3) is 28.7 Å². The zero-order valence-corrected chi connectivity index (χ0v) is 19.2. The molecule has 0 amide bonds. The highest BCUT2D eigenvalue weighted by atomic mass is 19.1.